The number of rotatable bonds is 6. The Balaban J connectivity index is 1.25. The summed E-state index contributed by atoms with van der Waals surface area (Å²) in [6, 6.07) is 20.0. The van der Waals surface area contributed by atoms with Crippen molar-refractivity contribution in [3.05, 3.63) is 83.8 Å². The van der Waals surface area contributed by atoms with Gasteiger partial charge in [-0.3, -0.25) is 9.69 Å². The lowest BCUT2D eigenvalue weighted by molar-refractivity contribution is -0.134. The number of aryl methyl sites for hydroxylation is 1. The molecule has 176 valence electrons. The van der Waals surface area contributed by atoms with Crippen molar-refractivity contribution in [2.24, 2.45) is 5.10 Å². The Bertz CT molecular complexity index is 1130. The number of furan rings is 1. The van der Waals surface area contributed by atoms with Gasteiger partial charge in [0.1, 0.15) is 17.6 Å². The minimum absolute atomic E-state index is 0.00130. The molecule has 1 amide bonds. The number of hydrazone groups is 1. The fraction of sp³-hybridized carbons (Fsp3) is 0.333. The van der Waals surface area contributed by atoms with Crippen LogP contribution in [0.15, 0.2) is 76.4 Å². The second kappa shape index (κ2) is 9.73. The van der Waals surface area contributed by atoms with E-state index >= 15 is 0 Å². The molecule has 1 saturated heterocycles. The molecule has 3 heterocycles. The van der Waals surface area contributed by atoms with Crippen molar-refractivity contribution in [3.63, 3.8) is 0 Å². The topological polar surface area (TPSA) is 61.5 Å². The molecule has 2 aromatic carbocycles. The number of carbonyl (C=O) groups excluding carboxylic acids is 1. The fourth-order valence-electron chi connectivity index (χ4n) is 4.58. The number of benzene rings is 2. The Morgan fingerprint density at radius 3 is 2.41 bits per heavy atom. The van der Waals surface area contributed by atoms with E-state index in [0.717, 1.165) is 49.0 Å². The molecule has 0 radical (unpaired) electrons. The highest BCUT2D eigenvalue weighted by Gasteiger charge is 2.35. The lowest BCUT2D eigenvalue weighted by Gasteiger charge is -2.36. The van der Waals surface area contributed by atoms with Crippen LogP contribution in [-0.4, -0.2) is 61.4 Å². The number of carbonyl (C=O) groups is 1. The lowest BCUT2D eigenvalue weighted by atomic mass is 10.0. The molecule has 2 aliphatic heterocycles. The Morgan fingerprint density at radius 2 is 1.76 bits per heavy atom. The van der Waals surface area contributed by atoms with E-state index in [4.69, 9.17) is 14.3 Å². The third-order valence-corrected chi connectivity index (χ3v) is 6.59. The molecule has 1 atom stereocenters. The van der Waals surface area contributed by atoms with Crippen molar-refractivity contribution in [1.29, 1.82) is 0 Å². The standard InChI is InChI=1S/C27H30N4O3/c1-20-5-7-21(8-6-20)24-18-25(26-4-3-17-34-26)31(28-24)27(32)19-29-13-15-30(16-14-29)22-9-11-23(33-2)12-10-22/h3-12,17,25H,13-16,18-19H2,1-2H3. The Morgan fingerprint density at radius 1 is 1.03 bits per heavy atom. The van der Waals surface area contributed by atoms with Gasteiger partial charge in [-0.1, -0.05) is 29.8 Å². The van der Waals surface area contributed by atoms with E-state index in [0.29, 0.717) is 13.0 Å². The van der Waals surface area contributed by atoms with Gasteiger partial charge in [-0.2, -0.15) is 5.10 Å². The van der Waals surface area contributed by atoms with E-state index < -0.39 is 0 Å². The van der Waals surface area contributed by atoms with Crippen LogP contribution in [0.2, 0.25) is 0 Å². The van der Waals surface area contributed by atoms with Gasteiger partial charge in [0.25, 0.3) is 5.91 Å². The van der Waals surface area contributed by atoms with Crippen molar-refractivity contribution in [2.75, 3.05) is 44.7 Å². The highest BCUT2D eigenvalue weighted by atomic mass is 16.5. The predicted octanol–water partition coefficient (Wildman–Crippen LogP) is 4.10. The maximum absolute atomic E-state index is 13.4. The van der Waals surface area contributed by atoms with E-state index in [1.807, 2.05) is 24.3 Å². The fourth-order valence-corrected chi connectivity index (χ4v) is 4.58. The first-order valence-corrected chi connectivity index (χ1v) is 11.7. The van der Waals surface area contributed by atoms with E-state index in [1.54, 1.807) is 18.4 Å². The number of methoxy groups -OCH3 is 1. The van der Waals surface area contributed by atoms with Crippen molar-refractivity contribution in [3.8, 4) is 5.75 Å². The summed E-state index contributed by atoms with van der Waals surface area (Å²) in [6.07, 6.45) is 2.30. The highest BCUT2D eigenvalue weighted by molar-refractivity contribution is 6.03. The maximum atomic E-state index is 13.4. The van der Waals surface area contributed by atoms with Crippen LogP contribution in [0.3, 0.4) is 0 Å². The quantitative estimate of drug-likeness (QED) is 0.557. The summed E-state index contributed by atoms with van der Waals surface area (Å²) in [5.74, 6) is 1.63. The molecule has 0 spiro atoms. The van der Waals surface area contributed by atoms with E-state index in [2.05, 4.69) is 53.1 Å². The van der Waals surface area contributed by atoms with Gasteiger partial charge in [0, 0.05) is 38.3 Å². The number of amides is 1. The average Bonchev–Trinajstić information content (AvgIpc) is 3.55. The zero-order valence-electron chi connectivity index (χ0n) is 19.7. The summed E-state index contributed by atoms with van der Waals surface area (Å²) >= 11 is 0. The predicted molar refractivity (Wildman–Crippen MR) is 132 cm³/mol. The summed E-state index contributed by atoms with van der Waals surface area (Å²) in [5.41, 5.74) is 4.34. The van der Waals surface area contributed by atoms with Crippen molar-refractivity contribution in [1.82, 2.24) is 9.91 Å². The average molecular weight is 459 g/mol. The smallest absolute Gasteiger partial charge is 0.257 e. The van der Waals surface area contributed by atoms with Crippen LogP contribution in [-0.2, 0) is 4.79 Å². The SMILES string of the molecule is COc1ccc(N2CCN(CC(=O)N3N=C(c4ccc(C)cc4)CC3c3ccco3)CC2)cc1. The third kappa shape index (κ3) is 4.70. The summed E-state index contributed by atoms with van der Waals surface area (Å²) in [7, 11) is 1.68. The summed E-state index contributed by atoms with van der Waals surface area (Å²) < 4.78 is 10.9. The molecule has 5 rings (SSSR count). The second-order valence-corrected chi connectivity index (χ2v) is 8.85. The summed E-state index contributed by atoms with van der Waals surface area (Å²) in [6.45, 7) is 5.81. The summed E-state index contributed by atoms with van der Waals surface area (Å²) in [4.78, 5) is 17.9. The van der Waals surface area contributed by atoms with Crippen molar-refractivity contribution < 1.29 is 13.9 Å². The number of ether oxygens (including phenoxy) is 1. The Hall–Kier alpha value is -3.58. The van der Waals surface area contributed by atoms with Crippen LogP contribution in [0.4, 0.5) is 5.69 Å². The number of hydrogen-bond acceptors (Lipinski definition) is 6. The van der Waals surface area contributed by atoms with Crippen LogP contribution < -0.4 is 9.64 Å². The highest BCUT2D eigenvalue weighted by Crippen LogP contribution is 2.33. The van der Waals surface area contributed by atoms with Gasteiger partial charge in [-0.25, -0.2) is 5.01 Å². The first-order chi connectivity index (χ1) is 16.6. The zero-order chi connectivity index (χ0) is 23.5. The summed E-state index contributed by atoms with van der Waals surface area (Å²) in [5, 5.41) is 6.39. The largest absolute Gasteiger partial charge is 0.497 e. The number of anilines is 1. The van der Waals surface area contributed by atoms with Gasteiger partial charge >= 0.3 is 0 Å². The van der Waals surface area contributed by atoms with E-state index in [-0.39, 0.29) is 11.9 Å². The molecule has 0 aliphatic carbocycles. The van der Waals surface area contributed by atoms with Gasteiger partial charge in [0.2, 0.25) is 0 Å². The minimum atomic E-state index is -0.209. The molecule has 7 nitrogen and oxygen atoms in total. The Kier molecular flexibility index (Phi) is 6.36. The van der Waals surface area contributed by atoms with Crippen LogP contribution in [0, 0.1) is 6.92 Å². The molecular formula is C27H30N4O3. The van der Waals surface area contributed by atoms with E-state index in [9.17, 15) is 4.79 Å². The van der Waals surface area contributed by atoms with Crippen LogP contribution in [0.25, 0.3) is 0 Å². The first-order valence-electron chi connectivity index (χ1n) is 11.7. The van der Waals surface area contributed by atoms with Crippen molar-refractivity contribution in [2.45, 2.75) is 19.4 Å². The molecule has 1 fully saturated rings. The third-order valence-electron chi connectivity index (χ3n) is 6.59. The monoisotopic (exact) mass is 458 g/mol. The van der Waals surface area contributed by atoms with E-state index in [1.165, 1.54) is 11.3 Å². The molecule has 0 bridgehead atoms. The van der Waals surface area contributed by atoms with Gasteiger partial charge in [-0.15, -0.1) is 0 Å². The molecule has 2 aliphatic rings. The second-order valence-electron chi connectivity index (χ2n) is 8.85. The number of piperazine rings is 1. The number of hydrogen-bond donors (Lipinski definition) is 0. The molecule has 7 heteroatoms. The van der Waals surface area contributed by atoms with Gasteiger partial charge in [0.05, 0.1) is 25.6 Å². The Labute approximate surface area is 200 Å². The molecule has 3 aromatic rings. The van der Waals surface area contributed by atoms with Gasteiger partial charge < -0.3 is 14.1 Å². The number of nitrogens with zero attached hydrogens (tertiary/aromatic N) is 4. The molecule has 0 N–H and O–H groups in total. The normalized spacial score (nSPS) is 18.8. The molecular weight excluding hydrogens is 428 g/mol. The molecule has 1 unspecified atom stereocenters. The minimum Gasteiger partial charge on any atom is -0.497 e. The molecule has 0 saturated carbocycles. The van der Waals surface area contributed by atoms with Crippen LogP contribution in [0.5, 0.6) is 5.75 Å². The molecule has 34 heavy (non-hydrogen) atoms. The van der Waals surface area contributed by atoms with Crippen molar-refractivity contribution >= 4 is 17.3 Å². The first kappa shape index (κ1) is 22.2. The van der Waals surface area contributed by atoms with Gasteiger partial charge in [0.15, 0.2) is 0 Å². The van der Waals surface area contributed by atoms with Crippen LogP contribution in [0.1, 0.15) is 29.3 Å². The molecule has 1 aromatic heterocycles. The lowest BCUT2D eigenvalue weighted by Crippen LogP contribution is -2.49. The zero-order valence-corrected chi connectivity index (χ0v) is 19.7. The maximum Gasteiger partial charge on any atom is 0.257 e. The van der Waals surface area contributed by atoms with Crippen LogP contribution >= 0.6 is 0 Å². The van der Waals surface area contributed by atoms with Gasteiger partial charge in [-0.05, 0) is 48.9 Å².